The highest BCUT2D eigenvalue weighted by molar-refractivity contribution is 5.95. The standard InChI is InChI=1S/C28H39N3O3/c1-15(2)31(16(3)4)27(33)25-17(5)19-13-20-22-12-18-8-9-23(34-7)26(32)24(18)28(20,10-11-30(22)6)14-21(19)29-25/h8-9,15-16,20,22,29,32H,10-14H2,1-7H3/t20-,22+,28-/m1/s1. The number of piperidine rings is 1. The van der Waals surface area contributed by atoms with Crippen LogP contribution in [0.2, 0.25) is 0 Å². The van der Waals surface area contributed by atoms with Gasteiger partial charge in [0.1, 0.15) is 5.69 Å². The van der Waals surface area contributed by atoms with Crippen LogP contribution in [0.5, 0.6) is 11.5 Å². The van der Waals surface area contributed by atoms with Crippen LogP contribution in [0.3, 0.4) is 0 Å². The highest BCUT2D eigenvalue weighted by Crippen LogP contribution is 2.58. The molecule has 184 valence electrons. The summed E-state index contributed by atoms with van der Waals surface area (Å²) in [5, 5.41) is 11.3. The number of ether oxygens (including phenoxy) is 1. The fourth-order valence-corrected chi connectivity index (χ4v) is 7.45. The van der Waals surface area contributed by atoms with Gasteiger partial charge in [0.25, 0.3) is 5.91 Å². The summed E-state index contributed by atoms with van der Waals surface area (Å²) in [4.78, 5) is 21.7. The minimum Gasteiger partial charge on any atom is -0.504 e. The molecule has 2 N–H and O–H groups in total. The van der Waals surface area contributed by atoms with Crippen LogP contribution in [-0.2, 0) is 24.7 Å². The first kappa shape index (κ1) is 23.3. The van der Waals surface area contributed by atoms with Crippen molar-refractivity contribution in [3.05, 3.63) is 45.8 Å². The van der Waals surface area contributed by atoms with Gasteiger partial charge in [0.2, 0.25) is 0 Å². The first-order valence-electron chi connectivity index (χ1n) is 12.7. The second-order valence-electron chi connectivity index (χ2n) is 11.3. The van der Waals surface area contributed by atoms with Gasteiger partial charge < -0.3 is 24.6 Å². The number of H-pyrrole nitrogens is 1. The average molecular weight is 466 g/mol. The minimum absolute atomic E-state index is 0.0855. The summed E-state index contributed by atoms with van der Waals surface area (Å²) in [6.45, 7) is 11.4. The molecule has 2 aliphatic carbocycles. The molecule has 6 nitrogen and oxygen atoms in total. The van der Waals surface area contributed by atoms with Gasteiger partial charge in [-0.1, -0.05) is 6.07 Å². The molecule has 0 saturated carbocycles. The number of hydrogen-bond donors (Lipinski definition) is 2. The molecule has 0 unspecified atom stereocenters. The maximum Gasteiger partial charge on any atom is 0.271 e. The molecule has 2 aromatic rings. The SMILES string of the molecule is COc1ccc2c(c1O)[C@@]13CCN(C)[C@@H](C2)[C@H]1Cc1c([nH]c(C(=O)N(C(C)C)C(C)C)c1C)C3. The second kappa shape index (κ2) is 8.04. The van der Waals surface area contributed by atoms with Crippen molar-refractivity contribution in [1.29, 1.82) is 0 Å². The number of amides is 1. The Morgan fingerprint density at radius 1 is 1.24 bits per heavy atom. The number of nitrogens with zero attached hydrogens (tertiary/aromatic N) is 2. The number of rotatable bonds is 4. The summed E-state index contributed by atoms with van der Waals surface area (Å²) < 4.78 is 5.52. The lowest BCUT2D eigenvalue weighted by Crippen LogP contribution is -2.61. The number of phenolic OH excluding ortho intramolecular Hbond substituents is 1. The first-order valence-corrected chi connectivity index (χ1v) is 12.7. The smallest absolute Gasteiger partial charge is 0.271 e. The molecule has 1 aromatic heterocycles. The van der Waals surface area contributed by atoms with Gasteiger partial charge in [-0.2, -0.15) is 0 Å². The molecule has 1 aliphatic heterocycles. The van der Waals surface area contributed by atoms with Gasteiger partial charge in [-0.25, -0.2) is 0 Å². The van der Waals surface area contributed by atoms with E-state index in [-0.39, 0.29) is 23.4 Å². The van der Waals surface area contributed by atoms with Crippen molar-refractivity contribution in [1.82, 2.24) is 14.8 Å². The number of aromatic nitrogens is 1. The van der Waals surface area contributed by atoms with Crippen LogP contribution in [0.1, 0.15) is 72.6 Å². The van der Waals surface area contributed by atoms with Crippen molar-refractivity contribution in [2.75, 3.05) is 20.7 Å². The van der Waals surface area contributed by atoms with Crippen LogP contribution < -0.4 is 4.74 Å². The number of hydrogen-bond acceptors (Lipinski definition) is 4. The predicted octanol–water partition coefficient (Wildman–Crippen LogP) is 4.21. The molecule has 5 rings (SSSR count). The number of aromatic hydroxyl groups is 1. The van der Waals surface area contributed by atoms with E-state index >= 15 is 0 Å². The van der Waals surface area contributed by atoms with Crippen LogP contribution in [-0.4, -0.2) is 64.6 Å². The summed E-state index contributed by atoms with van der Waals surface area (Å²) in [6.07, 6.45) is 3.68. The molecule has 34 heavy (non-hydrogen) atoms. The highest BCUT2D eigenvalue weighted by atomic mass is 16.5. The molecule has 1 aromatic carbocycles. The first-order chi connectivity index (χ1) is 16.1. The number of likely N-dealkylation sites (tertiary alicyclic amines) is 1. The fourth-order valence-electron chi connectivity index (χ4n) is 7.45. The van der Waals surface area contributed by atoms with Crippen LogP contribution in [0, 0.1) is 12.8 Å². The summed E-state index contributed by atoms with van der Waals surface area (Å²) in [6, 6.07) is 4.75. The zero-order chi connectivity index (χ0) is 24.5. The Balaban J connectivity index is 1.64. The third-order valence-electron chi connectivity index (χ3n) is 8.97. The Kier molecular flexibility index (Phi) is 5.51. The Bertz CT molecular complexity index is 1130. The van der Waals surface area contributed by atoms with Gasteiger partial charge in [-0.3, -0.25) is 4.79 Å². The zero-order valence-corrected chi connectivity index (χ0v) is 21.7. The maximum atomic E-state index is 13.6. The van der Waals surface area contributed by atoms with Gasteiger partial charge in [0.15, 0.2) is 11.5 Å². The summed E-state index contributed by atoms with van der Waals surface area (Å²) in [7, 11) is 3.86. The summed E-state index contributed by atoms with van der Waals surface area (Å²) in [5.74, 6) is 1.34. The van der Waals surface area contributed by atoms with Crippen molar-refractivity contribution in [2.24, 2.45) is 5.92 Å². The summed E-state index contributed by atoms with van der Waals surface area (Å²) >= 11 is 0. The van der Waals surface area contributed by atoms with E-state index in [1.807, 2.05) is 11.0 Å². The molecule has 1 amide bonds. The number of nitrogens with one attached hydrogen (secondary N) is 1. The van der Waals surface area contributed by atoms with Crippen LogP contribution in [0.15, 0.2) is 12.1 Å². The molecule has 3 aliphatic rings. The van der Waals surface area contributed by atoms with Crippen LogP contribution in [0.4, 0.5) is 0 Å². The fraction of sp³-hybridized carbons (Fsp3) is 0.607. The number of fused-ring (bicyclic) bond motifs is 2. The van der Waals surface area contributed by atoms with Crippen molar-refractivity contribution in [3.8, 4) is 11.5 Å². The Morgan fingerprint density at radius 3 is 2.59 bits per heavy atom. The van der Waals surface area contributed by atoms with Gasteiger partial charge in [-0.05, 0) is 103 Å². The van der Waals surface area contributed by atoms with E-state index in [1.165, 1.54) is 16.8 Å². The molecule has 1 saturated heterocycles. The number of carbonyl (C=O) groups is 1. The minimum atomic E-state index is -0.149. The molecule has 6 heteroatoms. The van der Waals surface area contributed by atoms with E-state index in [0.717, 1.165) is 49.0 Å². The molecular formula is C28H39N3O3. The lowest BCUT2D eigenvalue weighted by Gasteiger charge is -2.58. The molecule has 2 heterocycles. The third kappa shape index (κ3) is 3.14. The van der Waals surface area contributed by atoms with Gasteiger partial charge in [0, 0.05) is 34.8 Å². The molecule has 3 atom stereocenters. The van der Waals surface area contributed by atoms with Gasteiger partial charge >= 0.3 is 0 Å². The normalized spacial score (nSPS) is 25.7. The summed E-state index contributed by atoms with van der Waals surface area (Å²) in [5.41, 5.74) is 6.48. The lowest BCUT2D eigenvalue weighted by atomic mass is 9.52. The molecule has 1 fully saturated rings. The topological polar surface area (TPSA) is 68.8 Å². The monoisotopic (exact) mass is 465 g/mol. The van der Waals surface area contributed by atoms with Crippen molar-refractivity contribution < 1.29 is 14.6 Å². The van der Waals surface area contributed by atoms with Crippen molar-refractivity contribution in [2.45, 2.75) is 83.8 Å². The quantitative estimate of drug-likeness (QED) is 0.710. The van der Waals surface area contributed by atoms with E-state index in [9.17, 15) is 9.90 Å². The van der Waals surface area contributed by atoms with Crippen LogP contribution >= 0.6 is 0 Å². The molecule has 0 spiro atoms. The van der Waals surface area contributed by atoms with E-state index < -0.39 is 0 Å². The van der Waals surface area contributed by atoms with Crippen LogP contribution in [0.25, 0.3) is 0 Å². The number of benzene rings is 1. The number of carbonyl (C=O) groups excluding carboxylic acids is 1. The van der Waals surface area contributed by atoms with Gasteiger partial charge in [0.05, 0.1) is 7.11 Å². The van der Waals surface area contributed by atoms with E-state index in [0.29, 0.717) is 23.5 Å². The largest absolute Gasteiger partial charge is 0.504 e. The second-order valence-corrected chi connectivity index (χ2v) is 11.3. The van der Waals surface area contributed by atoms with Crippen molar-refractivity contribution >= 4 is 5.91 Å². The van der Waals surface area contributed by atoms with E-state index in [4.69, 9.17) is 4.74 Å². The molecular weight excluding hydrogens is 426 g/mol. The average Bonchev–Trinajstić information content (AvgIpc) is 3.09. The Labute approximate surface area is 203 Å². The van der Waals surface area contributed by atoms with Gasteiger partial charge in [-0.15, -0.1) is 0 Å². The Hall–Kier alpha value is -2.47. The Morgan fingerprint density at radius 2 is 1.94 bits per heavy atom. The lowest BCUT2D eigenvalue weighted by molar-refractivity contribution is 0.0221. The molecule has 2 bridgehead atoms. The number of aromatic amines is 1. The van der Waals surface area contributed by atoms with E-state index in [2.05, 4.69) is 57.6 Å². The van der Waals surface area contributed by atoms with E-state index in [1.54, 1.807) is 7.11 Å². The predicted molar refractivity (Wildman–Crippen MR) is 134 cm³/mol. The maximum absolute atomic E-state index is 13.6. The molecule has 0 radical (unpaired) electrons. The third-order valence-corrected chi connectivity index (χ3v) is 8.97. The zero-order valence-electron chi connectivity index (χ0n) is 21.7. The van der Waals surface area contributed by atoms with Crippen molar-refractivity contribution in [3.63, 3.8) is 0 Å². The number of likely N-dealkylation sites (N-methyl/N-ethyl adjacent to an activating group) is 1. The highest BCUT2D eigenvalue weighted by Gasteiger charge is 2.56. The number of phenols is 1. The number of methoxy groups -OCH3 is 1.